The Kier molecular flexibility index (Phi) is 6.26. The van der Waals surface area contributed by atoms with Gasteiger partial charge in [-0.25, -0.2) is 10.2 Å². The Morgan fingerprint density at radius 2 is 2.00 bits per heavy atom. The molecule has 0 bridgehead atoms. The number of hydrogen-bond donors (Lipinski definition) is 3. The van der Waals surface area contributed by atoms with Crippen LogP contribution in [-0.4, -0.2) is 24.6 Å². The van der Waals surface area contributed by atoms with Crippen molar-refractivity contribution >= 4 is 11.9 Å². The second kappa shape index (κ2) is 8.41. The lowest BCUT2D eigenvalue weighted by molar-refractivity contribution is -0.128. The van der Waals surface area contributed by atoms with E-state index in [4.69, 9.17) is 4.74 Å². The maximum Gasteiger partial charge on any atom is 0.333 e. The van der Waals surface area contributed by atoms with E-state index in [1.165, 1.54) is 17.5 Å². The third-order valence-electron chi connectivity index (χ3n) is 3.87. The number of urea groups is 1. The summed E-state index contributed by atoms with van der Waals surface area (Å²) in [7, 11) is 0. The van der Waals surface area contributed by atoms with Crippen LogP contribution in [0.25, 0.3) is 0 Å². The first-order chi connectivity index (χ1) is 11.1. The van der Waals surface area contributed by atoms with Gasteiger partial charge in [0.1, 0.15) is 5.75 Å². The van der Waals surface area contributed by atoms with E-state index in [0.29, 0.717) is 12.3 Å². The zero-order valence-electron chi connectivity index (χ0n) is 13.8. The molecule has 0 radical (unpaired) electrons. The molecule has 1 aromatic rings. The topological polar surface area (TPSA) is 79.5 Å². The quantitative estimate of drug-likeness (QED) is 0.555. The Labute approximate surface area is 136 Å². The van der Waals surface area contributed by atoms with Crippen molar-refractivity contribution in [2.75, 3.05) is 6.54 Å². The van der Waals surface area contributed by atoms with Gasteiger partial charge >= 0.3 is 6.03 Å². The average molecular weight is 319 g/mol. The number of ether oxygens (including phenoxy) is 1. The summed E-state index contributed by atoms with van der Waals surface area (Å²) in [6.45, 7) is 4.28. The SMILES string of the molecule is CCCCNC(=O)NNC(=O)[C@@H](C)Oc1ccc2c(c1)CCC2. The second-order valence-electron chi connectivity index (χ2n) is 5.77. The number of amides is 3. The maximum absolute atomic E-state index is 11.9. The van der Waals surface area contributed by atoms with E-state index in [9.17, 15) is 9.59 Å². The minimum atomic E-state index is -0.689. The zero-order valence-corrected chi connectivity index (χ0v) is 13.8. The van der Waals surface area contributed by atoms with Crippen LogP contribution in [0.3, 0.4) is 0 Å². The van der Waals surface area contributed by atoms with Crippen LogP contribution in [0.2, 0.25) is 0 Å². The van der Waals surface area contributed by atoms with Crippen LogP contribution < -0.4 is 20.9 Å². The van der Waals surface area contributed by atoms with Crippen molar-refractivity contribution in [2.24, 2.45) is 0 Å². The summed E-state index contributed by atoms with van der Waals surface area (Å²) in [6, 6.07) is 5.52. The lowest BCUT2D eigenvalue weighted by atomic mass is 10.1. The van der Waals surface area contributed by atoms with E-state index in [-0.39, 0.29) is 0 Å². The van der Waals surface area contributed by atoms with Crippen LogP contribution in [0.15, 0.2) is 18.2 Å². The van der Waals surface area contributed by atoms with Gasteiger partial charge in [0.05, 0.1) is 0 Å². The highest BCUT2D eigenvalue weighted by molar-refractivity contribution is 5.84. The first-order valence-electron chi connectivity index (χ1n) is 8.22. The second-order valence-corrected chi connectivity index (χ2v) is 5.77. The lowest BCUT2D eigenvalue weighted by Crippen LogP contribution is -2.50. The molecule has 1 atom stereocenters. The number of unbranched alkanes of at least 4 members (excludes halogenated alkanes) is 1. The molecular weight excluding hydrogens is 294 g/mol. The summed E-state index contributed by atoms with van der Waals surface area (Å²) < 4.78 is 5.65. The normalized spacial score (nSPS) is 13.8. The number of aryl methyl sites for hydroxylation is 2. The molecule has 6 nitrogen and oxygen atoms in total. The first-order valence-corrected chi connectivity index (χ1v) is 8.22. The predicted octanol–water partition coefficient (Wildman–Crippen LogP) is 2.07. The monoisotopic (exact) mass is 319 g/mol. The van der Waals surface area contributed by atoms with Gasteiger partial charge in [0.15, 0.2) is 6.10 Å². The van der Waals surface area contributed by atoms with Crippen molar-refractivity contribution in [2.45, 2.75) is 52.1 Å². The van der Waals surface area contributed by atoms with Crippen molar-refractivity contribution in [1.29, 1.82) is 0 Å². The van der Waals surface area contributed by atoms with E-state index >= 15 is 0 Å². The van der Waals surface area contributed by atoms with Gasteiger partial charge in [0, 0.05) is 6.54 Å². The van der Waals surface area contributed by atoms with Crippen molar-refractivity contribution < 1.29 is 14.3 Å². The molecule has 0 fully saturated rings. The van der Waals surface area contributed by atoms with E-state index < -0.39 is 18.0 Å². The number of carbonyl (C=O) groups is 2. The Morgan fingerprint density at radius 1 is 1.22 bits per heavy atom. The predicted molar refractivity (Wildman–Crippen MR) is 88.1 cm³/mol. The third-order valence-corrected chi connectivity index (χ3v) is 3.87. The summed E-state index contributed by atoms with van der Waals surface area (Å²) in [5.41, 5.74) is 7.33. The smallest absolute Gasteiger partial charge is 0.333 e. The van der Waals surface area contributed by atoms with Gasteiger partial charge in [-0.1, -0.05) is 19.4 Å². The molecule has 1 aliphatic carbocycles. The summed E-state index contributed by atoms with van der Waals surface area (Å²) in [5.74, 6) is 0.289. The fraction of sp³-hybridized carbons (Fsp3) is 0.529. The maximum atomic E-state index is 11.9. The van der Waals surface area contributed by atoms with Gasteiger partial charge < -0.3 is 10.1 Å². The molecule has 0 aromatic heterocycles. The molecule has 126 valence electrons. The molecule has 2 rings (SSSR count). The molecular formula is C17H25N3O3. The molecule has 0 spiro atoms. The van der Waals surface area contributed by atoms with Gasteiger partial charge in [0.25, 0.3) is 5.91 Å². The van der Waals surface area contributed by atoms with Gasteiger partial charge in [-0.2, -0.15) is 0 Å². The Bertz CT molecular complexity index is 560. The highest BCUT2D eigenvalue weighted by Crippen LogP contribution is 2.26. The number of nitrogens with one attached hydrogen (secondary N) is 3. The Morgan fingerprint density at radius 3 is 2.78 bits per heavy atom. The van der Waals surface area contributed by atoms with Gasteiger partial charge in [-0.3, -0.25) is 10.2 Å². The van der Waals surface area contributed by atoms with Crippen LogP contribution >= 0.6 is 0 Å². The first kappa shape index (κ1) is 17.1. The number of rotatable bonds is 6. The fourth-order valence-corrected chi connectivity index (χ4v) is 2.52. The fourth-order valence-electron chi connectivity index (χ4n) is 2.52. The van der Waals surface area contributed by atoms with E-state index in [2.05, 4.69) is 22.2 Å². The van der Waals surface area contributed by atoms with E-state index in [1.54, 1.807) is 6.92 Å². The highest BCUT2D eigenvalue weighted by atomic mass is 16.5. The molecule has 23 heavy (non-hydrogen) atoms. The van der Waals surface area contributed by atoms with E-state index in [1.807, 2.05) is 19.1 Å². The van der Waals surface area contributed by atoms with Crippen molar-refractivity contribution in [3.8, 4) is 5.75 Å². The summed E-state index contributed by atoms with van der Waals surface area (Å²) in [5, 5.41) is 2.65. The van der Waals surface area contributed by atoms with Crippen LogP contribution in [-0.2, 0) is 17.6 Å². The Hall–Kier alpha value is -2.24. The average Bonchev–Trinajstić information content (AvgIpc) is 3.00. The molecule has 6 heteroatoms. The molecule has 0 saturated carbocycles. The summed E-state index contributed by atoms with van der Waals surface area (Å²) in [6.07, 6.45) is 4.56. The minimum Gasteiger partial charge on any atom is -0.481 e. The van der Waals surface area contributed by atoms with Gasteiger partial charge in [0.2, 0.25) is 0 Å². The molecule has 0 saturated heterocycles. The number of hydrogen-bond acceptors (Lipinski definition) is 3. The molecule has 0 heterocycles. The van der Waals surface area contributed by atoms with Crippen molar-refractivity contribution in [3.05, 3.63) is 29.3 Å². The van der Waals surface area contributed by atoms with Crippen LogP contribution in [0.5, 0.6) is 5.75 Å². The third kappa shape index (κ3) is 5.16. The number of hydrazine groups is 1. The zero-order chi connectivity index (χ0) is 16.7. The number of fused-ring (bicyclic) bond motifs is 1. The number of benzene rings is 1. The molecule has 3 N–H and O–H groups in total. The molecule has 1 aromatic carbocycles. The lowest BCUT2D eigenvalue weighted by Gasteiger charge is -2.16. The number of carbonyl (C=O) groups excluding carboxylic acids is 2. The van der Waals surface area contributed by atoms with Crippen LogP contribution in [0.1, 0.15) is 44.2 Å². The van der Waals surface area contributed by atoms with Gasteiger partial charge in [-0.05, 0) is 55.9 Å². The van der Waals surface area contributed by atoms with Crippen LogP contribution in [0.4, 0.5) is 4.79 Å². The summed E-state index contributed by atoms with van der Waals surface area (Å²) >= 11 is 0. The highest BCUT2D eigenvalue weighted by Gasteiger charge is 2.17. The van der Waals surface area contributed by atoms with Crippen molar-refractivity contribution in [1.82, 2.24) is 16.2 Å². The standard InChI is InChI=1S/C17H25N3O3/c1-3-4-10-18-17(22)20-19-16(21)12(2)23-15-9-8-13-6-5-7-14(13)11-15/h8-9,11-12H,3-7,10H2,1-2H3,(H,19,21)(H2,18,20,22)/t12-/m1/s1. The Balaban J connectivity index is 1.75. The summed E-state index contributed by atoms with van der Waals surface area (Å²) in [4.78, 5) is 23.4. The van der Waals surface area contributed by atoms with Crippen LogP contribution in [0, 0.1) is 0 Å². The minimum absolute atomic E-state index is 0.392. The largest absolute Gasteiger partial charge is 0.481 e. The molecule has 0 unspecified atom stereocenters. The van der Waals surface area contributed by atoms with Gasteiger partial charge in [-0.15, -0.1) is 0 Å². The van der Waals surface area contributed by atoms with Crippen molar-refractivity contribution in [3.63, 3.8) is 0 Å². The molecule has 0 aliphatic heterocycles. The molecule has 1 aliphatic rings. The van der Waals surface area contributed by atoms with E-state index in [0.717, 1.165) is 25.7 Å². The molecule has 3 amide bonds.